The average Bonchev–Trinajstić information content (AvgIpc) is 3.02. The predicted octanol–water partition coefficient (Wildman–Crippen LogP) is 1.54. The topological polar surface area (TPSA) is 75.4 Å². The summed E-state index contributed by atoms with van der Waals surface area (Å²) in [6.45, 7) is 2.89. The highest BCUT2D eigenvalue weighted by molar-refractivity contribution is 5.96. The van der Waals surface area contributed by atoms with Crippen molar-refractivity contribution in [1.29, 1.82) is 0 Å². The molecule has 2 aromatic rings. The zero-order valence-corrected chi connectivity index (χ0v) is 13.3. The minimum Gasteiger partial charge on any atom is -0.360 e. The fourth-order valence-electron chi connectivity index (χ4n) is 2.74. The van der Waals surface area contributed by atoms with Crippen LogP contribution in [0, 0.1) is 19.3 Å². The van der Waals surface area contributed by atoms with Gasteiger partial charge in [0.15, 0.2) is 5.69 Å². The zero-order valence-electron chi connectivity index (χ0n) is 13.3. The van der Waals surface area contributed by atoms with E-state index < -0.39 is 0 Å². The molecule has 1 aromatic carbocycles. The third-order valence-electron chi connectivity index (χ3n) is 3.95. The number of aromatic nitrogens is 1. The summed E-state index contributed by atoms with van der Waals surface area (Å²) in [5, 5.41) is 6.40. The molecular formula is C18H17N3O3. The quantitative estimate of drug-likeness (QED) is 0.870. The van der Waals surface area contributed by atoms with Gasteiger partial charge in [-0.05, 0) is 19.1 Å². The minimum atomic E-state index is -0.386. The summed E-state index contributed by atoms with van der Waals surface area (Å²) >= 11 is 0. The molecule has 0 aliphatic carbocycles. The van der Waals surface area contributed by atoms with Crippen LogP contribution in [0.15, 0.2) is 28.8 Å². The van der Waals surface area contributed by atoms with E-state index in [1.165, 1.54) is 0 Å². The first-order valence-electron chi connectivity index (χ1n) is 7.65. The third-order valence-corrected chi connectivity index (χ3v) is 3.95. The summed E-state index contributed by atoms with van der Waals surface area (Å²) in [5.74, 6) is 2.53. The second kappa shape index (κ2) is 6.59. The van der Waals surface area contributed by atoms with Crippen molar-refractivity contribution in [3.8, 4) is 12.3 Å². The molecule has 6 nitrogen and oxygen atoms in total. The number of hydrogen-bond donors (Lipinski definition) is 1. The van der Waals surface area contributed by atoms with Crippen LogP contribution in [0.25, 0.3) is 0 Å². The van der Waals surface area contributed by atoms with E-state index in [0.29, 0.717) is 36.4 Å². The van der Waals surface area contributed by atoms with Crippen LogP contribution in [0.3, 0.4) is 0 Å². The van der Waals surface area contributed by atoms with Crippen molar-refractivity contribution in [2.75, 3.05) is 13.1 Å². The van der Waals surface area contributed by atoms with Crippen LogP contribution in [0.5, 0.6) is 0 Å². The van der Waals surface area contributed by atoms with Gasteiger partial charge in [0.1, 0.15) is 5.76 Å². The molecule has 0 saturated heterocycles. The Morgan fingerprint density at radius 1 is 1.46 bits per heavy atom. The summed E-state index contributed by atoms with van der Waals surface area (Å²) in [4.78, 5) is 26.5. The van der Waals surface area contributed by atoms with Gasteiger partial charge in [-0.1, -0.05) is 28.8 Å². The predicted molar refractivity (Wildman–Crippen MR) is 87.3 cm³/mol. The number of carbonyl (C=O) groups is 2. The van der Waals surface area contributed by atoms with Crippen LogP contribution in [0.1, 0.15) is 37.7 Å². The Morgan fingerprint density at radius 2 is 2.29 bits per heavy atom. The molecule has 1 aliphatic rings. The van der Waals surface area contributed by atoms with E-state index in [4.69, 9.17) is 10.9 Å². The molecule has 0 saturated carbocycles. The van der Waals surface area contributed by atoms with E-state index in [9.17, 15) is 9.59 Å². The fraction of sp³-hybridized carbons (Fsp3) is 0.278. The lowest BCUT2D eigenvalue weighted by atomic mass is 10.0. The van der Waals surface area contributed by atoms with Crippen molar-refractivity contribution in [3.63, 3.8) is 0 Å². The van der Waals surface area contributed by atoms with E-state index in [-0.39, 0.29) is 24.1 Å². The summed E-state index contributed by atoms with van der Waals surface area (Å²) in [5.41, 5.74) is 2.50. The highest BCUT2D eigenvalue weighted by atomic mass is 16.5. The van der Waals surface area contributed by atoms with Crippen molar-refractivity contribution in [3.05, 3.63) is 52.4 Å². The Labute approximate surface area is 139 Å². The molecule has 0 spiro atoms. The Bertz CT molecular complexity index is 832. The van der Waals surface area contributed by atoms with Crippen LogP contribution in [0.4, 0.5) is 0 Å². The molecular weight excluding hydrogens is 306 g/mol. The van der Waals surface area contributed by atoms with Crippen LogP contribution in [-0.2, 0) is 13.0 Å². The third kappa shape index (κ3) is 3.01. The molecule has 2 heterocycles. The maximum atomic E-state index is 12.7. The molecule has 0 atom stereocenters. The van der Waals surface area contributed by atoms with Gasteiger partial charge in [-0.25, -0.2) is 0 Å². The molecule has 1 aromatic heterocycles. The van der Waals surface area contributed by atoms with Gasteiger partial charge in [0.25, 0.3) is 11.8 Å². The SMILES string of the molecule is C#CCNC(=O)c1noc2c1CN(C(=O)c1cccc(C)c1)CC2. The van der Waals surface area contributed by atoms with Gasteiger partial charge in [0.2, 0.25) is 0 Å². The van der Waals surface area contributed by atoms with Crippen molar-refractivity contribution in [2.24, 2.45) is 0 Å². The van der Waals surface area contributed by atoms with Crippen LogP contribution in [-0.4, -0.2) is 35.0 Å². The smallest absolute Gasteiger partial charge is 0.274 e. The maximum absolute atomic E-state index is 12.7. The highest BCUT2D eigenvalue weighted by Gasteiger charge is 2.29. The first kappa shape index (κ1) is 15.8. The molecule has 24 heavy (non-hydrogen) atoms. The van der Waals surface area contributed by atoms with E-state index in [2.05, 4.69) is 16.4 Å². The van der Waals surface area contributed by atoms with Crippen LogP contribution >= 0.6 is 0 Å². The van der Waals surface area contributed by atoms with E-state index in [0.717, 1.165) is 5.56 Å². The number of hydrogen-bond acceptors (Lipinski definition) is 4. The van der Waals surface area contributed by atoms with Gasteiger partial charge in [-0.2, -0.15) is 0 Å². The zero-order chi connectivity index (χ0) is 17.1. The molecule has 0 fully saturated rings. The van der Waals surface area contributed by atoms with Gasteiger partial charge in [-0.15, -0.1) is 6.42 Å². The lowest BCUT2D eigenvalue weighted by Crippen LogP contribution is -2.36. The first-order valence-corrected chi connectivity index (χ1v) is 7.65. The van der Waals surface area contributed by atoms with E-state index in [1.807, 2.05) is 25.1 Å². The van der Waals surface area contributed by atoms with E-state index >= 15 is 0 Å². The Kier molecular flexibility index (Phi) is 4.34. The number of carbonyl (C=O) groups excluding carboxylic acids is 2. The lowest BCUT2D eigenvalue weighted by molar-refractivity contribution is 0.0727. The summed E-state index contributed by atoms with van der Waals surface area (Å²) < 4.78 is 5.24. The molecule has 0 bridgehead atoms. The Hall–Kier alpha value is -3.07. The molecule has 6 heteroatoms. The fourth-order valence-corrected chi connectivity index (χ4v) is 2.74. The molecule has 1 aliphatic heterocycles. The van der Waals surface area contributed by atoms with Crippen molar-refractivity contribution >= 4 is 11.8 Å². The van der Waals surface area contributed by atoms with Crippen LogP contribution < -0.4 is 5.32 Å². The van der Waals surface area contributed by atoms with Crippen molar-refractivity contribution < 1.29 is 14.1 Å². The van der Waals surface area contributed by atoms with Gasteiger partial charge >= 0.3 is 0 Å². The van der Waals surface area contributed by atoms with Crippen molar-refractivity contribution in [1.82, 2.24) is 15.4 Å². The monoisotopic (exact) mass is 323 g/mol. The van der Waals surface area contributed by atoms with Gasteiger partial charge in [0.05, 0.1) is 13.1 Å². The summed E-state index contributed by atoms with van der Waals surface area (Å²) in [6.07, 6.45) is 5.67. The van der Waals surface area contributed by atoms with Gasteiger partial charge in [-0.3, -0.25) is 9.59 Å². The number of amides is 2. The number of nitrogens with zero attached hydrogens (tertiary/aromatic N) is 2. The van der Waals surface area contributed by atoms with Crippen molar-refractivity contribution in [2.45, 2.75) is 19.9 Å². The summed E-state index contributed by atoms with van der Waals surface area (Å²) in [7, 11) is 0. The second-order valence-corrected chi connectivity index (χ2v) is 5.67. The minimum absolute atomic E-state index is 0.0690. The number of terminal acetylenes is 1. The van der Waals surface area contributed by atoms with Crippen LogP contribution in [0.2, 0.25) is 0 Å². The molecule has 3 rings (SSSR count). The number of nitrogens with one attached hydrogen (secondary N) is 1. The first-order chi connectivity index (χ1) is 11.6. The number of fused-ring (bicyclic) bond motifs is 1. The molecule has 0 unspecified atom stereocenters. The largest absolute Gasteiger partial charge is 0.360 e. The van der Waals surface area contributed by atoms with E-state index in [1.54, 1.807) is 11.0 Å². The lowest BCUT2D eigenvalue weighted by Gasteiger charge is -2.26. The second-order valence-electron chi connectivity index (χ2n) is 5.67. The summed E-state index contributed by atoms with van der Waals surface area (Å²) in [6, 6.07) is 7.44. The number of benzene rings is 1. The average molecular weight is 323 g/mol. The molecule has 1 N–H and O–H groups in total. The molecule has 2 amide bonds. The highest BCUT2D eigenvalue weighted by Crippen LogP contribution is 2.24. The Balaban J connectivity index is 1.81. The number of aryl methyl sites for hydroxylation is 1. The number of rotatable bonds is 3. The standard InChI is InChI=1S/C18H17N3O3/c1-3-8-19-17(22)16-14-11-21(9-7-15(14)24-20-16)18(23)13-6-4-5-12(2)10-13/h1,4-6,10H,7-9,11H2,2H3,(H,19,22). The van der Waals surface area contributed by atoms with Gasteiger partial charge in [0, 0.05) is 24.1 Å². The normalized spacial score (nSPS) is 13.1. The maximum Gasteiger partial charge on any atom is 0.274 e. The van der Waals surface area contributed by atoms with Gasteiger partial charge < -0.3 is 14.7 Å². The Morgan fingerprint density at radius 3 is 3.04 bits per heavy atom. The molecule has 0 radical (unpaired) electrons. The molecule has 122 valence electrons.